The fourth-order valence-electron chi connectivity index (χ4n) is 3.03. The van der Waals surface area contributed by atoms with Crippen LogP contribution < -0.4 is 10.1 Å². The molecular formula is C23H28Cl2N2O3. The van der Waals surface area contributed by atoms with Crippen molar-refractivity contribution in [1.29, 1.82) is 0 Å². The number of carbonyl (C=O) groups excluding carboxylic acids is 2. The monoisotopic (exact) mass is 450 g/mol. The Bertz CT molecular complexity index is 873. The third-order valence-electron chi connectivity index (χ3n) is 4.73. The minimum atomic E-state index is -0.615. The lowest BCUT2D eigenvalue weighted by Gasteiger charge is -2.30. The van der Waals surface area contributed by atoms with Crippen LogP contribution in [-0.2, 0) is 16.1 Å². The highest BCUT2D eigenvalue weighted by Gasteiger charge is 2.29. The highest BCUT2D eigenvalue weighted by molar-refractivity contribution is 6.31. The van der Waals surface area contributed by atoms with Gasteiger partial charge in [0, 0.05) is 23.1 Å². The van der Waals surface area contributed by atoms with Crippen molar-refractivity contribution < 1.29 is 14.3 Å². The Labute approximate surface area is 188 Å². The molecule has 2 aromatic carbocycles. The van der Waals surface area contributed by atoms with Crippen LogP contribution in [0.15, 0.2) is 42.5 Å². The molecule has 0 bridgehead atoms. The van der Waals surface area contributed by atoms with Crippen LogP contribution in [0.1, 0.15) is 37.8 Å². The van der Waals surface area contributed by atoms with Crippen LogP contribution in [0.2, 0.25) is 10.0 Å². The number of nitrogens with one attached hydrogen (secondary N) is 1. The van der Waals surface area contributed by atoms with Crippen LogP contribution in [0.5, 0.6) is 5.75 Å². The first-order chi connectivity index (χ1) is 14.4. The predicted octanol–water partition coefficient (Wildman–Crippen LogP) is 5.01. The van der Waals surface area contributed by atoms with Crippen molar-refractivity contribution in [3.63, 3.8) is 0 Å². The minimum absolute atomic E-state index is 0.179. The molecule has 1 atom stereocenters. The molecule has 2 amide bonds. The van der Waals surface area contributed by atoms with Crippen molar-refractivity contribution in [2.75, 3.05) is 13.2 Å². The summed E-state index contributed by atoms with van der Waals surface area (Å²) >= 11 is 12.4. The van der Waals surface area contributed by atoms with Crippen molar-refractivity contribution in [2.24, 2.45) is 0 Å². The third-order valence-corrected chi connectivity index (χ3v) is 5.52. The Kier molecular flexibility index (Phi) is 9.47. The van der Waals surface area contributed by atoms with Crippen LogP contribution in [0, 0.1) is 6.92 Å². The van der Waals surface area contributed by atoms with Gasteiger partial charge in [0.1, 0.15) is 11.8 Å². The van der Waals surface area contributed by atoms with E-state index in [1.807, 2.05) is 39.0 Å². The van der Waals surface area contributed by atoms with Crippen LogP contribution in [-0.4, -0.2) is 35.9 Å². The maximum atomic E-state index is 13.1. The molecule has 0 aliphatic rings. The van der Waals surface area contributed by atoms with Gasteiger partial charge in [-0.25, -0.2) is 0 Å². The van der Waals surface area contributed by atoms with Crippen molar-refractivity contribution in [3.8, 4) is 5.75 Å². The smallest absolute Gasteiger partial charge is 0.261 e. The molecule has 0 aliphatic carbocycles. The average molecular weight is 451 g/mol. The maximum absolute atomic E-state index is 13.1. The first kappa shape index (κ1) is 24.0. The zero-order chi connectivity index (χ0) is 22.1. The van der Waals surface area contributed by atoms with Crippen molar-refractivity contribution in [1.82, 2.24) is 10.2 Å². The normalized spacial score (nSPS) is 11.6. The molecule has 0 saturated carbocycles. The van der Waals surface area contributed by atoms with Crippen molar-refractivity contribution in [2.45, 2.75) is 46.2 Å². The van der Waals surface area contributed by atoms with Crippen LogP contribution in [0.25, 0.3) is 0 Å². The van der Waals surface area contributed by atoms with E-state index in [1.165, 1.54) is 4.90 Å². The molecule has 0 aliphatic heterocycles. The summed E-state index contributed by atoms with van der Waals surface area (Å²) in [6.45, 7) is 6.32. The number of amides is 2. The first-order valence-corrected chi connectivity index (χ1v) is 10.8. The molecule has 0 saturated heterocycles. The van der Waals surface area contributed by atoms with E-state index in [9.17, 15) is 9.59 Å². The van der Waals surface area contributed by atoms with E-state index in [1.54, 1.807) is 24.3 Å². The summed E-state index contributed by atoms with van der Waals surface area (Å²) in [5.74, 6) is 0.0783. The van der Waals surface area contributed by atoms with Crippen LogP contribution >= 0.6 is 23.2 Å². The number of rotatable bonds is 10. The minimum Gasteiger partial charge on any atom is -0.484 e. The van der Waals surface area contributed by atoms with Crippen LogP contribution in [0.4, 0.5) is 0 Å². The number of ether oxygens (including phenoxy) is 1. The van der Waals surface area contributed by atoms with E-state index in [4.69, 9.17) is 27.9 Å². The zero-order valence-corrected chi connectivity index (χ0v) is 19.1. The van der Waals surface area contributed by atoms with Gasteiger partial charge in [-0.3, -0.25) is 9.59 Å². The van der Waals surface area contributed by atoms with E-state index in [0.29, 0.717) is 28.8 Å². The number of benzene rings is 2. The fraction of sp³-hybridized carbons (Fsp3) is 0.391. The quantitative estimate of drug-likeness (QED) is 0.552. The van der Waals surface area contributed by atoms with Gasteiger partial charge in [0.25, 0.3) is 5.91 Å². The number of carbonyl (C=O) groups is 2. The number of aryl methyl sites for hydroxylation is 1. The average Bonchev–Trinajstić information content (AvgIpc) is 2.74. The highest BCUT2D eigenvalue weighted by Crippen LogP contribution is 2.22. The van der Waals surface area contributed by atoms with E-state index in [-0.39, 0.29) is 25.0 Å². The molecule has 30 heavy (non-hydrogen) atoms. The lowest BCUT2D eigenvalue weighted by atomic mass is 10.1. The molecular weight excluding hydrogens is 423 g/mol. The summed E-state index contributed by atoms with van der Waals surface area (Å²) in [7, 11) is 0. The lowest BCUT2D eigenvalue weighted by Crippen LogP contribution is -2.50. The summed E-state index contributed by atoms with van der Waals surface area (Å²) in [4.78, 5) is 27.4. The van der Waals surface area contributed by atoms with Crippen LogP contribution in [0.3, 0.4) is 0 Å². The Morgan fingerprint density at radius 3 is 2.47 bits per heavy atom. The number of halogens is 2. The van der Waals surface area contributed by atoms with E-state index >= 15 is 0 Å². The maximum Gasteiger partial charge on any atom is 0.261 e. The van der Waals surface area contributed by atoms with Gasteiger partial charge in [0.15, 0.2) is 6.61 Å². The summed E-state index contributed by atoms with van der Waals surface area (Å²) in [6, 6.07) is 11.9. The Hall–Kier alpha value is -2.24. The largest absolute Gasteiger partial charge is 0.484 e. The Balaban J connectivity index is 2.21. The predicted molar refractivity (Wildman–Crippen MR) is 121 cm³/mol. The molecule has 2 aromatic rings. The van der Waals surface area contributed by atoms with Gasteiger partial charge in [-0.05, 0) is 55.2 Å². The number of hydrogen-bond acceptors (Lipinski definition) is 3. The Morgan fingerprint density at radius 2 is 1.83 bits per heavy atom. The van der Waals surface area contributed by atoms with Gasteiger partial charge in [-0.1, -0.05) is 55.2 Å². The second kappa shape index (κ2) is 11.8. The first-order valence-electron chi connectivity index (χ1n) is 10.1. The summed E-state index contributed by atoms with van der Waals surface area (Å²) in [6.07, 6.45) is 1.30. The van der Waals surface area contributed by atoms with Crippen molar-refractivity contribution in [3.05, 3.63) is 63.6 Å². The highest BCUT2D eigenvalue weighted by atomic mass is 35.5. The number of hydrogen-bond donors (Lipinski definition) is 1. The summed E-state index contributed by atoms with van der Waals surface area (Å²) in [5.41, 5.74) is 1.64. The molecule has 0 heterocycles. The molecule has 0 aromatic heterocycles. The van der Waals surface area contributed by atoms with Gasteiger partial charge in [0.05, 0.1) is 0 Å². The number of nitrogens with zero attached hydrogens (tertiary/aromatic N) is 1. The van der Waals surface area contributed by atoms with E-state index in [2.05, 4.69) is 5.32 Å². The second-order valence-corrected chi connectivity index (χ2v) is 7.84. The van der Waals surface area contributed by atoms with Gasteiger partial charge >= 0.3 is 0 Å². The molecule has 7 heteroatoms. The van der Waals surface area contributed by atoms with Crippen molar-refractivity contribution >= 4 is 35.0 Å². The van der Waals surface area contributed by atoms with Gasteiger partial charge < -0.3 is 15.0 Å². The molecule has 5 nitrogen and oxygen atoms in total. The van der Waals surface area contributed by atoms with Gasteiger partial charge in [-0.15, -0.1) is 0 Å². The SMILES string of the molecule is CCCNC(=O)[C@H](CC)N(Cc1ccccc1Cl)C(=O)COc1ccc(Cl)c(C)c1. The summed E-state index contributed by atoms with van der Waals surface area (Å²) in [5, 5.41) is 4.07. The molecule has 2 rings (SSSR count). The zero-order valence-electron chi connectivity index (χ0n) is 17.6. The molecule has 0 spiro atoms. The van der Waals surface area contributed by atoms with E-state index < -0.39 is 6.04 Å². The van der Waals surface area contributed by atoms with Gasteiger partial charge in [0.2, 0.25) is 5.91 Å². The summed E-state index contributed by atoms with van der Waals surface area (Å²) < 4.78 is 5.69. The van der Waals surface area contributed by atoms with Gasteiger partial charge in [-0.2, -0.15) is 0 Å². The van der Waals surface area contributed by atoms with E-state index in [0.717, 1.165) is 17.5 Å². The molecule has 162 valence electrons. The molecule has 0 unspecified atom stereocenters. The molecule has 0 fully saturated rings. The molecule has 1 N–H and O–H groups in total. The fourth-order valence-corrected chi connectivity index (χ4v) is 3.34. The second-order valence-electron chi connectivity index (χ2n) is 7.03. The molecule has 0 radical (unpaired) electrons. The third kappa shape index (κ3) is 6.64. The topological polar surface area (TPSA) is 58.6 Å². The standard InChI is InChI=1S/C23H28Cl2N2O3/c1-4-12-26-23(29)21(5-2)27(14-17-8-6-7-9-20(17)25)22(28)15-30-18-10-11-19(24)16(3)13-18/h6-11,13,21H,4-5,12,14-15H2,1-3H3,(H,26,29)/t21-/m0/s1. The lowest BCUT2D eigenvalue weighted by molar-refractivity contribution is -0.143. The Morgan fingerprint density at radius 1 is 1.10 bits per heavy atom.